The zero-order chi connectivity index (χ0) is 23.7. The molecule has 3 aliphatic rings. The second kappa shape index (κ2) is 7.35. The van der Waals surface area contributed by atoms with Gasteiger partial charge in [-0.2, -0.15) is 30.4 Å². The summed E-state index contributed by atoms with van der Waals surface area (Å²) in [5.74, 6) is -7.30. The molecule has 9 nitrogen and oxygen atoms in total. The van der Waals surface area contributed by atoms with Gasteiger partial charge in [-0.25, -0.2) is 4.79 Å². The summed E-state index contributed by atoms with van der Waals surface area (Å²) >= 11 is 0. The van der Waals surface area contributed by atoms with Crippen molar-refractivity contribution in [3.05, 3.63) is 12.2 Å². The van der Waals surface area contributed by atoms with Gasteiger partial charge < -0.3 is 19.3 Å². The van der Waals surface area contributed by atoms with Crippen LogP contribution >= 0.6 is 0 Å². The zero-order valence-corrected chi connectivity index (χ0v) is 16.4. The fourth-order valence-corrected chi connectivity index (χ4v) is 4.99. The first-order valence-electron chi connectivity index (χ1n) is 8.80. The molecule has 0 spiro atoms. The molecule has 0 aromatic heterocycles. The SMILES string of the molecule is C=C(C)C(=O)OC1C2CC3C1OC(O)C3C2C(=O)OC(C(F)(F)F)C(F)(F)S(=O)(=O)O. The number of carbonyl (C=O) groups is 2. The fourth-order valence-electron chi connectivity index (χ4n) is 4.53. The minimum atomic E-state index is -6.61. The van der Waals surface area contributed by atoms with Crippen molar-refractivity contribution in [3.63, 3.8) is 0 Å². The van der Waals surface area contributed by atoms with E-state index >= 15 is 0 Å². The highest BCUT2D eigenvalue weighted by molar-refractivity contribution is 7.86. The van der Waals surface area contributed by atoms with Crippen molar-refractivity contribution in [1.82, 2.24) is 0 Å². The molecule has 0 aromatic carbocycles. The Balaban J connectivity index is 1.90. The molecule has 1 saturated heterocycles. The molecule has 3 rings (SSSR count). The largest absolute Gasteiger partial charge is 0.456 e. The molecule has 0 aromatic rings. The van der Waals surface area contributed by atoms with Crippen LogP contribution in [0.25, 0.3) is 0 Å². The van der Waals surface area contributed by atoms with E-state index < -0.39 is 81.8 Å². The van der Waals surface area contributed by atoms with E-state index in [9.17, 15) is 45.1 Å². The zero-order valence-electron chi connectivity index (χ0n) is 15.6. The molecule has 8 unspecified atom stereocenters. The van der Waals surface area contributed by atoms with Crippen LogP contribution < -0.4 is 0 Å². The molecule has 2 bridgehead atoms. The Morgan fingerprint density at radius 1 is 1.19 bits per heavy atom. The number of esters is 2. The van der Waals surface area contributed by atoms with Gasteiger partial charge in [0.05, 0.1) is 5.92 Å². The number of hydrogen-bond acceptors (Lipinski definition) is 8. The molecule has 2 N–H and O–H groups in total. The van der Waals surface area contributed by atoms with Crippen LogP contribution in [0, 0.1) is 23.7 Å². The van der Waals surface area contributed by atoms with Crippen LogP contribution in [0.5, 0.6) is 0 Å². The number of aliphatic hydroxyl groups excluding tert-OH is 1. The summed E-state index contributed by atoms with van der Waals surface area (Å²) in [5.41, 5.74) is -0.0399. The Kier molecular flexibility index (Phi) is 5.65. The standard InChI is InChI=1S/C16H17F5O9S/c1-4(2)11(22)28-9-6-3-5-7(12(23)29-10(5)9)8(6)13(24)30-14(15(17,18)19)16(20,21)31(25,26)27/h5-10,12,14,23H,1,3H2,2H3,(H,25,26,27). The molecule has 0 radical (unpaired) electrons. The number of rotatable bonds is 6. The number of halogens is 5. The lowest BCUT2D eigenvalue weighted by Gasteiger charge is -2.33. The maximum atomic E-state index is 13.7. The van der Waals surface area contributed by atoms with E-state index in [0.717, 1.165) is 0 Å². The lowest BCUT2D eigenvalue weighted by atomic mass is 9.78. The first kappa shape index (κ1) is 23.8. The van der Waals surface area contributed by atoms with Gasteiger partial charge >= 0.3 is 33.5 Å². The molecule has 0 amide bonds. The van der Waals surface area contributed by atoms with Gasteiger partial charge in [0.2, 0.25) is 0 Å². The van der Waals surface area contributed by atoms with Crippen molar-refractivity contribution in [2.24, 2.45) is 23.7 Å². The summed E-state index contributed by atoms with van der Waals surface area (Å²) in [6.07, 6.45) is -14.3. The van der Waals surface area contributed by atoms with Gasteiger partial charge in [0.25, 0.3) is 6.10 Å². The quantitative estimate of drug-likeness (QED) is 0.247. The smallest absolute Gasteiger partial charge is 0.432 e. The highest BCUT2D eigenvalue weighted by Crippen LogP contribution is 2.60. The van der Waals surface area contributed by atoms with E-state index in [1.165, 1.54) is 6.92 Å². The van der Waals surface area contributed by atoms with Crippen LogP contribution in [-0.4, -0.2) is 66.0 Å². The monoisotopic (exact) mass is 480 g/mol. The van der Waals surface area contributed by atoms with Gasteiger partial charge in [0.15, 0.2) is 6.29 Å². The third-order valence-electron chi connectivity index (χ3n) is 5.75. The highest BCUT2D eigenvalue weighted by atomic mass is 32.2. The van der Waals surface area contributed by atoms with Crippen LogP contribution in [0.3, 0.4) is 0 Å². The number of aliphatic hydroxyl groups is 1. The average Bonchev–Trinajstić information content (AvgIpc) is 3.20. The van der Waals surface area contributed by atoms with E-state index in [0.29, 0.717) is 0 Å². The lowest BCUT2D eigenvalue weighted by molar-refractivity contribution is -0.262. The molecule has 2 saturated carbocycles. The molecular weight excluding hydrogens is 463 g/mol. The molecule has 176 valence electrons. The molecule has 3 fully saturated rings. The van der Waals surface area contributed by atoms with Crippen LogP contribution in [0.1, 0.15) is 13.3 Å². The number of ether oxygens (including phenoxy) is 3. The molecule has 2 aliphatic carbocycles. The molecule has 1 heterocycles. The van der Waals surface area contributed by atoms with E-state index in [-0.39, 0.29) is 12.0 Å². The van der Waals surface area contributed by atoms with E-state index in [4.69, 9.17) is 14.0 Å². The van der Waals surface area contributed by atoms with Crippen molar-refractivity contribution in [3.8, 4) is 0 Å². The van der Waals surface area contributed by atoms with Gasteiger partial charge in [-0.15, -0.1) is 0 Å². The normalized spacial score (nSPS) is 35.7. The molecule has 31 heavy (non-hydrogen) atoms. The lowest BCUT2D eigenvalue weighted by Crippen LogP contribution is -2.54. The van der Waals surface area contributed by atoms with Gasteiger partial charge in [0.1, 0.15) is 12.2 Å². The van der Waals surface area contributed by atoms with Crippen molar-refractivity contribution in [1.29, 1.82) is 0 Å². The Labute approximate surface area is 171 Å². The third-order valence-corrected chi connectivity index (χ3v) is 6.65. The second-order valence-corrected chi connectivity index (χ2v) is 9.20. The average molecular weight is 480 g/mol. The van der Waals surface area contributed by atoms with Crippen molar-refractivity contribution >= 4 is 22.1 Å². The fraction of sp³-hybridized carbons (Fsp3) is 0.750. The Bertz CT molecular complexity index is 902. The van der Waals surface area contributed by atoms with E-state index in [1.54, 1.807) is 0 Å². The predicted octanol–water partition coefficient (Wildman–Crippen LogP) is 1.03. The summed E-state index contributed by atoms with van der Waals surface area (Å²) in [5, 5.41) is 4.17. The topological polar surface area (TPSA) is 136 Å². The highest BCUT2D eigenvalue weighted by Gasteiger charge is 2.71. The van der Waals surface area contributed by atoms with Crippen molar-refractivity contribution < 1.29 is 63.8 Å². The summed E-state index contributed by atoms with van der Waals surface area (Å²) in [6.45, 7) is 4.67. The maximum Gasteiger partial charge on any atom is 0.432 e. The molecule has 1 aliphatic heterocycles. The van der Waals surface area contributed by atoms with E-state index in [2.05, 4.69) is 11.3 Å². The molecule has 15 heteroatoms. The number of fused-ring (bicyclic) bond motifs is 1. The first-order chi connectivity index (χ1) is 14.0. The third kappa shape index (κ3) is 3.81. The Morgan fingerprint density at radius 3 is 2.26 bits per heavy atom. The van der Waals surface area contributed by atoms with Crippen molar-refractivity contribution in [2.45, 2.75) is 49.4 Å². The summed E-state index contributed by atoms with van der Waals surface area (Å²) in [7, 11) is -6.61. The van der Waals surface area contributed by atoms with Gasteiger partial charge in [0, 0.05) is 17.4 Å². The molecule has 8 atom stereocenters. The van der Waals surface area contributed by atoms with Crippen LogP contribution in [0.15, 0.2) is 12.2 Å². The first-order valence-corrected chi connectivity index (χ1v) is 10.2. The van der Waals surface area contributed by atoms with Crippen molar-refractivity contribution in [2.75, 3.05) is 0 Å². The summed E-state index contributed by atoms with van der Waals surface area (Å²) in [6, 6.07) is 0. The predicted molar refractivity (Wildman–Crippen MR) is 86.6 cm³/mol. The number of carbonyl (C=O) groups excluding carboxylic acids is 2. The van der Waals surface area contributed by atoms with Crippen LogP contribution in [-0.2, 0) is 33.9 Å². The Morgan fingerprint density at radius 2 is 1.77 bits per heavy atom. The minimum Gasteiger partial charge on any atom is -0.456 e. The van der Waals surface area contributed by atoms with Gasteiger partial charge in [-0.05, 0) is 19.3 Å². The van der Waals surface area contributed by atoms with Crippen LogP contribution in [0.4, 0.5) is 22.0 Å². The van der Waals surface area contributed by atoms with Gasteiger partial charge in [-0.3, -0.25) is 9.35 Å². The summed E-state index contributed by atoms with van der Waals surface area (Å²) < 4.78 is 111. The second-order valence-electron chi connectivity index (χ2n) is 7.70. The number of alkyl halides is 5. The maximum absolute atomic E-state index is 13.7. The van der Waals surface area contributed by atoms with E-state index in [1.807, 2.05) is 0 Å². The van der Waals surface area contributed by atoms with Gasteiger partial charge in [-0.1, -0.05) is 6.58 Å². The van der Waals surface area contributed by atoms with Crippen LogP contribution in [0.2, 0.25) is 0 Å². The summed E-state index contributed by atoms with van der Waals surface area (Å²) in [4.78, 5) is 24.4. The molecular formula is C16H17F5O9S. The minimum absolute atomic E-state index is 0.0399. The Hall–Kier alpha value is -1.84. The number of hydrogen-bond donors (Lipinski definition) is 2.